The van der Waals surface area contributed by atoms with Crippen LogP contribution in [0.1, 0.15) is 35.7 Å². The van der Waals surface area contributed by atoms with Gasteiger partial charge >= 0.3 is 0 Å². The van der Waals surface area contributed by atoms with E-state index in [1.165, 1.54) is 0 Å². The van der Waals surface area contributed by atoms with E-state index < -0.39 is 0 Å². The van der Waals surface area contributed by atoms with Gasteiger partial charge in [-0.3, -0.25) is 4.79 Å². The van der Waals surface area contributed by atoms with Crippen molar-refractivity contribution in [2.24, 2.45) is 0 Å². The number of amides is 1. The van der Waals surface area contributed by atoms with Gasteiger partial charge < -0.3 is 24.7 Å². The highest BCUT2D eigenvalue weighted by atomic mass is 16.5. The number of fused-ring (bicyclic) bond motifs is 2. The summed E-state index contributed by atoms with van der Waals surface area (Å²) >= 11 is 0. The molecule has 0 radical (unpaired) electrons. The zero-order chi connectivity index (χ0) is 23.2. The van der Waals surface area contributed by atoms with Gasteiger partial charge in [0.2, 0.25) is 0 Å². The molecule has 2 fully saturated rings. The number of carbonyl (C=O) groups is 1. The molecule has 10 heteroatoms. The van der Waals surface area contributed by atoms with Crippen molar-refractivity contribution in [2.45, 2.75) is 37.5 Å². The van der Waals surface area contributed by atoms with E-state index in [1.807, 2.05) is 25.4 Å². The number of carbonyl (C=O) groups excluding carboxylic acids is 1. The lowest BCUT2D eigenvalue weighted by Gasteiger charge is -2.35. The lowest BCUT2D eigenvalue weighted by Crippen LogP contribution is -2.51. The quantitative estimate of drug-likeness (QED) is 0.454. The first-order valence-corrected chi connectivity index (χ1v) is 11.6. The number of hydrogen-bond acceptors (Lipinski definition) is 7. The molecule has 1 amide bonds. The van der Waals surface area contributed by atoms with E-state index in [9.17, 15) is 4.79 Å². The molecule has 0 aromatic carbocycles. The zero-order valence-electron chi connectivity index (χ0n) is 19.2. The molecule has 5 heterocycles. The Morgan fingerprint density at radius 3 is 2.88 bits per heavy atom. The standard InChI is InChI=1S/C24H27N7O3/c1-25-21-10-19(16-11-26-22-15(16)4-3-8-30(22)14-7-9-34-13-14)28-23-17(12-27-31(21)23)24(32)29-18-5-6-20(18)33-2/h3-4,8,10-12,14,18,20,25H,5-7,9,13H2,1-2H3,(H,29,32)/t14-,18?,20?/m0/s1. The molecule has 2 aromatic heterocycles. The van der Waals surface area contributed by atoms with Crippen molar-refractivity contribution >= 4 is 17.4 Å². The van der Waals surface area contributed by atoms with Crippen LogP contribution in [0, 0.1) is 0 Å². The van der Waals surface area contributed by atoms with Gasteiger partial charge in [0.05, 0.1) is 36.7 Å². The molecule has 4 aliphatic rings. The number of anilines is 1. The summed E-state index contributed by atoms with van der Waals surface area (Å²) in [6.07, 6.45) is 8.36. The van der Waals surface area contributed by atoms with Gasteiger partial charge in [-0.05, 0) is 31.4 Å². The summed E-state index contributed by atoms with van der Waals surface area (Å²) in [5.41, 5.74) is 3.58. The minimum atomic E-state index is -0.196. The Labute approximate surface area is 196 Å². The van der Waals surface area contributed by atoms with Crippen LogP contribution in [-0.2, 0) is 9.47 Å². The van der Waals surface area contributed by atoms with Crippen LogP contribution in [0.2, 0.25) is 0 Å². The first-order valence-electron chi connectivity index (χ1n) is 11.6. The van der Waals surface area contributed by atoms with Crippen LogP contribution in [-0.4, -0.2) is 69.6 Å². The maximum absolute atomic E-state index is 13.1. The molecular formula is C24H27N7O3. The molecule has 3 aliphatic heterocycles. The number of ether oxygens (including phenoxy) is 2. The van der Waals surface area contributed by atoms with Gasteiger partial charge in [0.1, 0.15) is 17.2 Å². The minimum Gasteiger partial charge on any atom is -0.379 e. The van der Waals surface area contributed by atoms with Crippen LogP contribution in [0.3, 0.4) is 0 Å². The van der Waals surface area contributed by atoms with Crippen LogP contribution in [0.5, 0.6) is 0 Å². The Hall–Kier alpha value is -3.50. The first kappa shape index (κ1) is 21.1. The second kappa shape index (κ2) is 8.37. The maximum atomic E-state index is 13.1. The van der Waals surface area contributed by atoms with E-state index in [1.54, 1.807) is 17.8 Å². The fourth-order valence-corrected chi connectivity index (χ4v) is 4.90. The van der Waals surface area contributed by atoms with Gasteiger partial charge in [0, 0.05) is 50.4 Å². The average Bonchev–Trinajstić information content (AvgIpc) is 3.60. The van der Waals surface area contributed by atoms with Gasteiger partial charge in [-0.2, -0.15) is 9.61 Å². The molecule has 34 heavy (non-hydrogen) atoms. The molecule has 2 N–H and O–H groups in total. The maximum Gasteiger partial charge on any atom is 0.257 e. The lowest BCUT2D eigenvalue weighted by atomic mass is 9.89. The number of nitrogens with zero attached hydrogens (tertiary/aromatic N) is 5. The minimum absolute atomic E-state index is 0.0117. The molecule has 176 valence electrons. The van der Waals surface area contributed by atoms with E-state index in [0.29, 0.717) is 17.8 Å². The van der Waals surface area contributed by atoms with Gasteiger partial charge in [0.15, 0.2) is 5.65 Å². The highest BCUT2D eigenvalue weighted by Gasteiger charge is 2.33. The van der Waals surface area contributed by atoms with Gasteiger partial charge in [0.25, 0.3) is 5.91 Å². The number of methoxy groups -OCH3 is 1. The first-order chi connectivity index (χ1) is 16.7. The number of aromatic nitrogens is 5. The SMILES string of the molecule is CNc1cc(-c2cnc3n([C@H]4CCOC4)cccc2-3)nc2c(C(=O)NC3CCC3OC)cnn12. The molecule has 1 saturated carbocycles. The largest absolute Gasteiger partial charge is 0.379 e. The van der Waals surface area contributed by atoms with Crippen LogP contribution in [0.25, 0.3) is 28.3 Å². The summed E-state index contributed by atoms with van der Waals surface area (Å²) in [7, 11) is 3.50. The second-order valence-corrected chi connectivity index (χ2v) is 8.84. The monoisotopic (exact) mass is 461 g/mol. The number of rotatable bonds is 6. The zero-order valence-corrected chi connectivity index (χ0v) is 19.2. The second-order valence-electron chi connectivity index (χ2n) is 8.84. The van der Waals surface area contributed by atoms with Crippen LogP contribution in [0.4, 0.5) is 5.82 Å². The van der Waals surface area contributed by atoms with Crippen LogP contribution in [0.15, 0.2) is 36.8 Å². The molecule has 2 unspecified atom stereocenters. The molecule has 1 aliphatic carbocycles. The summed E-state index contributed by atoms with van der Waals surface area (Å²) in [5.74, 6) is 1.44. The Bertz CT molecular complexity index is 1320. The van der Waals surface area contributed by atoms with Gasteiger partial charge in [-0.1, -0.05) is 0 Å². The smallest absolute Gasteiger partial charge is 0.257 e. The van der Waals surface area contributed by atoms with E-state index in [2.05, 4.69) is 32.6 Å². The summed E-state index contributed by atoms with van der Waals surface area (Å²) in [5, 5.41) is 10.7. The van der Waals surface area contributed by atoms with Crippen molar-refractivity contribution < 1.29 is 14.3 Å². The summed E-state index contributed by atoms with van der Waals surface area (Å²) in [6, 6.07) is 6.31. The fraction of sp³-hybridized carbons (Fsp3) is 0.417. The Balaban J connectivity index is 1.39. The Morgan fingerprint density at radius 2 is 2.15 bits per heavy atom. The van der Waals surface area contributed by atoms with Crippen molar-refractivity contribution in [2.75, 3.05) is 32.7 Å². The highest BCUT2D eigenvalue weighted by molar-refractivity contribution is 6.00. The van der Waals surface area contributed by atoms with Gasteiger partial charge in [-0.25, -0.2) is 9.97 Å². The number of pyridine rings is 1. The molecule has 2 aromatic rings. The number of nitrogens with one attached hydrogen (secondary N) is 2. The molecule has 1 saturated heterocycles. The van der Waals surface area contributed by atoms with E-state index in [4.69, 9.17) is 19.4 Å². The fourth-order valence-electron chi connectivity index (χ4n) is 4.90. The van der Waals surface area contributed by atoms with Crippen molar-refractivity contribution in [3.05, 3.63) is 42.4 Å². The summed E-state index contributed by atoms with van der Waals surface area (Å²) in [4.78, 5) is 22.7. The number of hydrogen-bond donors (Lipinski definition) is 2. The summed E-state index contributed by atoms with van der Waals surface area (Å²) in [6.45, 7) is 1.46. The molecule has 0 spiro atoms. The predicted molar refractivity (Wildman–Crippen MR) is 126 cm³/mol. The van der Waals surface area contributed by atoms with Crippen LogP contribution < -0.4 is 10.6 Å². The van der Waals surface area contributed by atoms with Crippen molar-refractivity contribution in [3.8, 4) is 22.6 Å². The third kappa shape index (κ3) is 3.33. The third-order valence-electron chi connectivity index (χ3n) is 6.98. The topological polar surface area (TPSA) is 108 Å². The highest BCUT2D eigenvalue weighted by Crippen LogP contribution is 2.36. The van der Waals surface area contributed by atoms with Gasteiger partial charge in [-0.15, -0.1) is 0 Å². The lowest BCUT2D eigenvalue weighted by molar-refractivity contribution is 0.00732. The van der Waals surface area contributed by atoms with E-state index in [-0.39, 0.29) is 24.1 Å². The Kier molecular flexibility index (Phi) is 5.19. The van der Waals surface area contributed by atoms with Crippen molar-refractivity contribution in [1.82, 2.24) is 29.5 Å². The van der Waals surface area contributed by atoms with E-state index >= 15 is 0 Å². The molecular weight excluding hydrogens is 434 g/mol. The Morgan fingerprint density at radius 1 is 1.24 bits per heavy atom. The van der Waals surface area contributed by atoms with E-state index in [0.717, 1.165) is 54.3 Å². The van der Waals surface area contributed by atoms with Crippen LogP contribution >= 0.6 is 0 Å². The molecule has 6 rings (SSSR count). The normalized spacial score (nSPS) is 22.2. The molecule has 10 nitrogen and oxygen atoms in total. The third-order valence-corrected chi connectivity index (χ3v) is 6.98. The average molecular weight is 462 g/mol. The molecule has 3 atom stereocenters. The molecule has 0 bridgehead atoms. The van der Waals surface area contributed by atoms with Crippen molar-refractivity contribution in [1.29, 1.82) is 0 Å². The predicted octanol–water partition coefficient (Wildman–Crippen LogP) is 2.61. The summed E-state index contributed by atoms with van der Waals surface area (Å²) < 4.78 is 14.8. The van der Waals surface area contributed by atoms with Crippen molar-refractivity contribution in [3.63, 3.8) is 0 Å².